The van der Waals surface area contributed by atoms with Crippen molar-refractivity contribution >= 4 is 21.6 Å². The average molecular weight is 335 g/mol. The summed E-state index contributed by atoms with van der Waals surface area (Å²) in [4.78, 5) is 6.80. The average Bonchev–Trinajstić information content (AvgIpc) is 2.86. The molecule has 0 radical (unpaired) electrons. The van der Waals surface area contributed by atoms with Gasteiger partial charge in [0.1, 0.15) is 18.5 Å². The number of aromatic nitrogens is 1. The van der Waals surface area contributed by atoms with Gasteiger partial charge in [-0.05, 0) is 32.9 Å². The predicted molar refractivity (Wildman–Crippen MR) is 94.4 cm³/mol. The molecule has 0 aliphatic carbocycles. The van der Waals surface area contributed by atoms with Crippen LogP contribution in [0.3, 0.4) is 0 Å². The molecule has 126 valence electrons. The first-order valence-electron chi connectivity index (χ1n) is 8.08. The molecule has 2 heterocycles. The first-order chi connectivity index (χ1) is 10.9. The highest BCUT2D eigenvalue weighted by molar-refractivity contribution is 7.18. The molecule has 2 N–H and O–H groups in total. The summed E-state index contributed by atoms with van der Waals surface area (Å²) in [6.07, 6.45) is -0.500. The molecule has 0 amide bonds. The van der Waals surface area contributed by atoms with E-state index in [4.69, 9.17) is 4.74 Å². The van der Waals surface area contributed by atoms with Gasteiger partial charge in [-0.25, -0.2) is 4.98 Å². The third-order valence-corrected chi connectivity index (χ3v) is 5.26. The zero-order valence-corrected chi connectivity index (χ0v) is 14.8. The second-order valence-corrected chi connectivity index (χ2v) is 8.00. The molecule has 0 unspecified atom stereocenters. The van der Waals surface area contributed by atoms with E-state index in [-0.39, 0.29) is 5.54 Å². The number of aliphatic hydroxyl groups is 1. The quantitative estimate of drug-likeness (QED) is 0.876. The van der Waals surface area contributed by atoms with Crippen molar-refractivity contribution in [2.45, 2.75) is 32.4 Å². The van der Waals surface area contributed by atoms with E-state index in [9.17, 15) is 5.11 Å². The number of β-amino-alcohol motifs (C(OH)–C–C–N with tert-alkyl or cyclic N) is 1. The Morgan fingerprint density at radius 2 is 2.30 bits per heavy atom. The molecule has 1 atom stereocenters. The van der Waals surface area contributed by atoms with Crippen molar-refractivity contribution in [2.24, 2.45) is 0 Å². The van der Waals surface area contributed by atoms with Crippen LogP contribution in [-0.2, 0) is 0 Å². The van der Waals surface area contributed by atoms with Crippen molar-refractivity contribution in [3.05, 3.63) is 23.2 Å². The maximum Gasteiger partial charge on any atom is 0.121 e. The fourth-order valence-corrected chi connectivity index (χ4v) is 3.78. The summed E-state index contributed by atoms with van der Waals surface area (Å²) < 4.78 is 6.93. The summed E-state index contributed by atoms with van der Waals surface area (Å²) in [7, 11) is 0. The summed E-state index contributed by atoms with van der Waals surface area (Å²) in [5, 5.41) is 14.8. The van der Waals surface area contributed by atoms with E-state index in [2.05, 4.69) is 29.0 Å². The van der Waals surface area contributed by atoms with Crippen LogP contribution >= 0.6 is 11.3 Å². The number of benzene rings is 1. The number of hydrogen-bond acceptors (Lipinski definition) is 6. The highest BCUT2D eigenvalue weighted by Gasteiger charge is 2.30. The Labute approximate surface area is 141 Å². The van der Waals surface area contributed by atoms with Crippen LogP contribution in [0.5, 0.6) is 5.75 Å². The van der Waals surface area contributed by atoms with Crippen molar-refractivity contribution in [3.8, 4) is 5.75 Å². The molecule has 1 aromatic heterocycles. The van der Waals surface area contributed by atoms with Gasteiger partial charge >= 0.3 is 0 Å². The minimum absolute atomic E-state index is 0.0657. The minimum Gasteiger partial charge on any atom is -0.491 e. The predicted octanol–water partition coefficient (Wildman–Crippen LogP) is 2.03. The summed E-state index contributed by atoms with van der Waals surface area (Å²) in [6.45, 7) is 10.2. The number of nitrogens with zero attached hydrogens (tertiary/aromatic N) is 2. The molecular formula is C17H25N3O2S. The van der Waals surface area contributed by atoms with Crippen LogP contribution in [0.2, 0.25) is 0 Å². The topological polar surface area (TPSA) is 57.6 Å². The number of hydrogen-bond donors (Lipinski definition) is 2. The van der Waals surface area contributed by atoms with Gasteiger partial charge in [0, 0.05) is 37.8 Å². The van der Waals surface area contributed by atoms with Crippen molar-refractivity contribution < 1.29 is 9.84 Å². The van der Waals surface area contributed by atoms with Crippen LogP contribution < -0.4 is 10.1 Å². The molecule has 23 heavy (non-hydrogen) atoms. The van der Waals surface area contributed by atoms with Crippen molar-refractivity contribution in [1.82, 2.24) is 15.2 Å². The molecule has 1 saturated heterocycles. The number of aryl methyl sites for hydroxylation is 1. The molecule has 6 heteroatoms. The number of rotatable bonds is 5. The number of piperazine rings is 1. The van der Waals surface area contributed by atoms with Crippen molar-refractivity contribution in [2.75, 3.05) is 32.8 Å². The Morgan fingerprint density at radius 3 is 3.09 bits per heavy atom. The summed E-state index contributed by atoms with van der Waals surface area (Å²) >= 11 is 1.68. The SMILES string of the molecule is Cc1nc2cc(OC[C@@H](O)CN3CCNCC3(C)C)ccc2s1. The molecule has 3 rings (SSSR count). The first-order valence-corrected chi connectivity index (χ1v) is 8.89. The van der Waals surface area contributed by atoms with Gasteiger partial charge in [0.2, 0.25) is 0 Å². The number of thiazole rings is 1. The zero-order chi connectivity index (χ0) is 16.4. The maximum atomic E-state index is 10.3. The van der Waals surface area contributed by atoms with Gasteiger partial charge in [-0.2, -0.15) is 0 Å². The van der Waals surface area contributed by atoms with E-state index in [1.165, 1.54) is 0 Å². The zero-order valence-electron chi connectivity index (χ0n) is 14.0. The molecule has 1 fully saturated rings. The fraction of sp³-hybridized carbons (Fsp3) is 0.588. The van der Waals surface area contributed by atoms with Gasteiger partial charge in [0.25, 0.3) is 0 Å². The number of fused-ring (bicyclic) bond motifs is 1. The number of ether oxygens (including phenoxy) is 1. The van der Waals surface area contributed by atoms with Gasteiger partial charge < -0.3 is 15.2 Å². The molecule has 0 saturated carbocycles. The largest absolute Gasteiger partial charge is 0.491 e. The Balaban J connectivity index is 1.56. The lowest BCUT2D eigenvalue weighted by molar-refractivity contribution is 0.0157. The Bertz CT molecular complexity index is 671. The lowest BCUT2D eigenvalue weighted by atomic mass is 10.00. The van der Waals surface area contributed by atoms with Crippen molar-refractivity contribution in [1.29, 1.82) is 0 Å². The molecule has 1 aliphatic heterocycles. The van der Waals surface area contributed by atoms with Crippen LogP contribution in [0, 0.1) is 6.92 Å². The standard InChI is InChI=1S/C17H25N3O2S/c1-12-19-15-8-14(4-5-16(15)23-12)22-10-13(21)9-20-7-6-18-11-17(20,2)3/h4-5,8,13,18,21H,6-7,9-11H2,1-3H3/t13-/m0/s1. The highest BCUT2D eigenvalue weighted by atomic mass is 32.1. The second-order valence-electron chi connectivity index (χ2n) is 6.76. The van der Waals surface area contributed by atoms with E-state index in [0.29, 0.717) is 13.2 Å². The number of aliphatic hydroxyl groups excluding tert-OH is 1. The first kappa shape index (κ1) is 16.6. The molecule has 1 aromatic carbocycles. The molecule has 1 aliphatic rings. The van der Waals surface area contributed by atoms with Gasteiger partial charge in [0.15, 0.2) is 0 Å². The van der Waals surface area contributed by atoms with E-state index >= 15 is 0 Å². The molecule has 0 bridgehead atoms. The maximum absolute atomic E-state index is 10.3. The Hall–Kier alpha value is -1.21. The van der Waals surface area contributed by atoms with Gasteiger partial charge in [-0.3, -0.25) is 4.90 Å². The van der Waals surface area contributed by atoms with E-state index in [1.54, 1.807) is 11.3 Å². The monoisotopic (exact) mass is 335 g/mol. The lowest BCUT2D eigenvalue weighted by Crippen LogP contribution is -2.59. The normalized spacial score (nSPS) is 19.8. The van der Waals surface area contributed by atoms with Gasteiger partial charge in [-0.1, -0.05) is 0 Å². The minimum atomic E-state index is -0.500. The summed E-state index contributed by atoms with van der Waals surface area (Å²) in [5.41, 5.74) is 1.03. The van der Waals surface area contributed by atoms with Crippen LogP contribution in [0.1, 0.15) is 18.9 Å². The third kappa shape index (κ3) is 4.01. The molecule has 5 nitrogen and oxygen atoms in total. The molecular weight excluding hydrogens is 310 g/mol. The van der Waals surface area contributed by atoms with Gasteiger partial charge in [0.05, 0.1) is 15.2 Å². The Kier molecular flexibility index (Phi) is 4.87. The summed E-state index contributed by atoms with van der Waals surface area (Å²) in [6, 6.07) is 5.92. The van der Waals surface area contributed by atoms with Crippen LogP contribution in [-0.4, -0.2) is 59.4 Å². The third-order valence-electron chi connectivity index (χ3n) is 4.31. The van der Waals surface area contributed by atoms with Gasteiger partial charge in [-0.15, -0.1) is 11.3 Å². The second kappa shape index (κ2) is 6.73. The molecule has 0 spiro atoms. The van der Waals surface area contributed by atoms with E-state index in [0.717, 1.165) is 40.6 Å². The molecule has 2 aromatic rings. The van der Waals surface area contributed by atoms with E-state index in [1.807, 2.05) is 25.1 Å². The van der Waals surface area contributed by atoms with Crippen LogP contribution in [0.25, 0.3) is 10.2 Å². The van der Waals surface area contributed by atoms with Crippen molar-refractivity contribution in [3.63, 3.8) is 0 Å². The summed E-state index contributed by atoms with van der Waals surface area (Å²) in [5.74, 6) is 0.765. The van der Waals surface area contributed by atoms with E-state index < -0.39 is 6.10 Å². The fourth-order valence-electron chi connectivity index (χ4n) is 2.97. The number of nitrogens with one attached hydrogen (secondary N) is 1. The van der Waals surface area contributed by atoms with Crippen LogP contribution in [0.4, 0.5) is 0 Å². The lowest BCUT2D eigenvalue weighted by Gasteiger charge is -2.43. The van der Waals surface area contributed by atoms with Crippen LogP contribution in [0.15, 0.2) is 18.2 Å². The smallest absolute Gasteiger partial charge is 0.121 e. The Morgan fingerprint density at radius 1 is 1.48 bits per heavy atom. The highest BCUT2D eigenvalue weighted by Crippen LogP contribution is 2.25.